The molecule has 2 N–H and O–H groups in total. The van der Waals surface area contributed by atoms with Crippen molar-refractivity contribution in [3.63, 3.8) is 0 Å². The highest BCUT2D eigenvalue weighted by Crippen LogP contribution is 2.08. The molecule has 0 aliphatic rings. The second-order valence-electron chi connectivity index (χ2n) is 3.93. The van der Waals surface area contributed by atoms with Crippen molar-refractivity contribution in [3.8, 4) is 0 Å². The fraction of sp³-hybridized carbons (Fsp3) is 0.214. The Morgan fingerprint density at radius 1 is 0.875 bits per heavy atom. The SMILES string of the molecule is Nc1ccc(CCCc2ccccc2)cn1. The van der Waals surface area contributed by atoms with E-state index < -0.39 is 0 Å². The first-order chi connectivity index (χ1) is 7.84. The molecule has 0 saturated carbocycles. The summed E-state index contributed by atoms with van der Waals surface area (Å²) in [6.45, 7) is 0. The second-order valence-corrected chi connectivity index (χ2v) is 3.93. The van der Waals surface area contributed by atoms with Gasteiger partial charge in [0.15, 0.2) is 0 Å². The van der Waals surface area contributed by atoms with Crippen molar-refractivity contribution in [1.29, 1.82) is 0 Å². The maximum Gasteiger partial charge on any atom is 0.123 e. The van der Waals surface area contributed by atoms with Gasteiger partial charge in [-0.2, -0.15) is 0 Å². The van der Waals surface area contributed by atoms with Crippen LogP contribution in [0.2, 0.25) is 0 Å². The van der Waals surface area contributed by atoms with Gasteiger partial charge in [-0.1, -0.05) is 36.4 Å². The van der Waals surface area contributed by atoms with Crippen LogP contribution in [-0.2, 0) is 12.8 Å². The van der Waals surface area contributed by atoms with Crippen LogP contribution in [0, 0.1) is 0 Å². The third kappa shape index (κ3) is 3.09. The third-order valence-corrected chi connectivity index (χ3v) is 2.62. The van der Waals surface area contributed by atoms with E-state index in [0.717, 1.165) is 19.3 Å². The Morgan fingerprint density at radius 2 is 1.62 bits per heavy atom. The highest BCUT2D eigenvalue weighted by atomic mass is 14.8. The number of hydrogen-bond donors (Lipinski definition) is 1. The summed E-state index contributed by atoms with van der Waals surface area (Å²) in [4.78, 5) is 4.08. The number of pyridine rings is 1. The molecular weight excluding hydrogens is 196 g/mol. The lowest BCUT2D eigenvalue weighted by Gasteiger charge is -2.02. The van der Waals surface area contributed by atoms with Crippen molar-refractivity contribution in [2.45, 2.75) is 19.3 Å². The average Bonchev–Trinajstić information content (AvgIpc) is 2.33. The standard InChI is InChI=1S/C14H16N2/c15-14-10-9-13(11-16-14)8-4-7-12-5-2-1-3-6-12/h1-3,5-6,9-11H,4,7-8H2,(H2,15,16). The molecule has 0 spiro atoms. The Morgan fingerprint density at radius 3 is 2.31 bits per heavy atom. The summed E-state index contributed by atoms with van der Waals surface area (Å²) in [6.07, 6.45) is 5.18. The van der Waals surface area contributed by atoms with Gasteiger partial charge in [-0.15, -0.1) is 0 Å². The van der Waals surface area contributed by atoms with Crippen LogP contribution in [0.1, 0.15) is 17.5 Å². The number of nitrogens with two attached hydrogens (primary N) is 1. The van der Waals surface area contributed by atoms with Gasteiger partial charge in [-0.05, 0) is 36.5 Å². The summed E-state index contributed by atoms with van der Waals surface area (Å²) in [5, 5.41) is 0. The molecule has 16 heavy (non-hydrogen) atoms. The van der Waals surface area contributed by atoms with E-state index in [4.69, 9.17) is 5.73 Å². The third-order valence-electron chi connectivity index (χ3n) is 2.62. The Bertz CT molecular complexity index is 420. The monoisotopic (exact) mass is 212 g/mol. The minimum absolute atomic E-state index is 0.590. The first-order valence-electron chi connectivity index (χ1n) is 5.59. The molecule has 2 heteroatoms. The minimum Gasteiger partial charge on any atom is -0.384 e. The summed E-state index contributed by atoms with van der Waals surface area (Å²) in [5.41, 5.74) is 8.18. The van der Waals surface area contributed by atoms with Gasteiger partial charge in [0.05, 0.1) is 0 Å². The van der Waals surface area contributed by atoms with Gasteiger partial charge in [0.25, 0.3) is 0 Å². The topological polar surface area (TPSA) is 38.9 Å². The van der Waals surface area contributed by atoms with Gasteiger partial charge in [0.2, 0.25) is 0 Å². The molecule has 1 aromatic carbocycles. The highest BCUT2D eigenvalue weighted by Gasteiger charge is 1.95. The summed E-state index contributed by atoms with van der Waals surface area (Å²) < 4.78 is 0. The molecule has 0 fully saturated rings. The van der Waals surface area contributed by atoms with E-state index in [1.165, 1.54) is 11.1 Å². The lowest BCUT2D eigenvalue weighted by molar-refractivity contribution is 0.817. The van der Waals surface area contributed by atoms with Gasteiger partial charge in [-0.3, -0.25) is 0 Å². The maximum absolute atomic E-state index is 5.54. The first-order valence-corrected chi connectivity index (χ1v) is 5.59. The summed E-state index contributed by atoms with van der Waals surface area (Å²) in [5.74, 6) is 0.590. The molecule has 82 valence electrons. The number of rotatable bonds is 4. The zero-order valence-corrected chi connectivity index (χ0v) is 9.26. The molecule has 0 unspecified atom stereocenters. The van der Waals surface area contributed by atoms with Crippen LogP contribution in [0.3, 0.4) is 0 Å². The molecule has 0 aliphatic carbocycles. The van der Waals surface area contributed by atoms with Gasteiger partial charge < -0.3 is 5.73 Å². The fourth-order valence-electron chi connectivity index (χ4n) is 1.73. The summed E-state index contributed by atoms with van der Waals surface area (Å²) in [7, 11) is 0. The molecule has 1 heterocycles. The van der Waals surface area contributed by atoms with E-state index >= 15 is 0 Å². The normalized spacial score (nSPS) is 10.2. The van der Waals surface area contributed by atoms with Crippen LogP contribution in [0.5, 0.6) is 0 Å². The lowest BCUT2D eigenvalue weighted by Crippen LogP contribution is -1.93. The van der Waals surface area contributed by atoms with Crippen LogP contribution < -0.4 is 5.73 Å². The Labute approximate surface area is 96.1 Å². The van der Waals surface area contributed by atoms with Crippen molar-refractivity contribution < 1.29 is 0 Å². The van der Waals surface area contributed by atoms with Crippen LogP contribution in [0.15, 0.2) is 48.7 Å². The minimum atomic E-state index is 0.590. The molecule has 2 rings (SSSR count). The van der Waals surface area contributed by atoms with Gasteiger partial charge in [0, 0.05) is 6.20 Å². The van der Waals surface area contributed by atoms with Gasteiger partial charge in [-0.25, -0.2) is 4.98 Å². The zero-order valence-electron chi connectivity index (χ0n) is 9.26. The molecule has 1 aromatic heterocycles. The van der Waals surface area contributed by atoms with E-state index in [2.05, 4.69) is 29.2 Å². The molecule has 0 aliphatic heterocycles. The number of nitrogens with zero attached hydrogens (tertiary/aromatic N) is 1. The smallest absolute Gasteiger partial charge is 0.123 e. The van der Waals surface area contributed by atoms with Gasteiger partial charge >= 0.3 is 0 Å². The van der Waals surface area contributed by atoms with E-state index in [-0.39, 0.29) is 0 Å². The maximum atomic E-state index is 5.54. The molecule has 0 atom stereocenters. The van der Waals surface area contributed by atoms with E-state index in [9.17, 15) is 0 Å². The van der Waals surface area contributed by atoms with Crippen LogP contribution in [0.4, 0.5) is 5.82 Å². The molecule has 0 saturated heterocycles. The highest BCUT2D eigenvalue weighted by molar-refractivity contribution is 5.29. The quantitative estimate of drug-likeness (QED) is 0.846. The number of anilines is 1. The number of aryl methyl sites for hydroxylation is 2. The fourth-order valence-corrected chi connectivity index (χ4v) is 1.73. The first kappa shape index (κ1) is 10.7. The number of benzene rings is 1. The second kappa shape index (κ2) is 5.31. The van der Waals surface area contributed by atoms with Crippen LogP contribution in [0.25, 0.3) is 0 Å². The molecule has 0 radical (unpaired) electrons. The van der Waals surface area contributed by atoms with Crippen molar-refractivity contribution >= 4 is 5.82 Å². The zero-order chi connectivity index (χ0) is 11.2. The Hall–Kier alpha value is -1.83. The molecule has 2 nitrogen and oxygen atoms in total. The van der Waals surface area contributed by atoms with Gasteiger partial charge in [0.1, 0.15) is 5.82 Å². The number of hydrogen-bond acceptors (Lipinski definition) is 2. The van der Waals surface area contributed by atoms with Crippen molar-refractivity contribution in [1.82, 2.24) is 4.98 Å². The van der Waals surface area contributed by atoms with Crippen LogP contribution >= 0.6 is 0 Å². The van der Waals surface area contributed by atoms with Crippen molar-refractivity contribution in [3.05, 3.63) is 59.8 Å². The molecule has 0 amide bonds. The number of aromatic nitrogens is 1. The van der Waals surface area contributed by atoms with E-state index in [1.807, 2.05) is 24.4 Å². The molecule has 0 bridgehead atoms. The average molecular weight is 212 g/mol. The van der Waals surface area contributed by atoms with Crippen molar-refractivity contribution in [2.75, 3.05) is 5.73 Å². The number of nitrogen functional groups attached to an aromatic ring is 1. The largest absolute Gasteiger partial charge is 0.384 e. The predicted molar refractivity (Wildman–Crippen MR) is 67.1 cm³/mol. The summed E-state index contributed by atoms with van der Waals surface area (Å²) in [6, 6.07) is 14.5. The van der Waals surface area contributed by atoms with E-state index in [0.29, 0.717) is 5.82 Å². The predicted octanol–water partition coefficient (Wildman–Crippen LogP) is 2.84. The van der Waals surface area contributed by atoms with Crippen molar-refractivity contribution in [2.24, 2.45) is 0 Å². The lowest BCUT2D eigenvalue weighted by atomic mass is 10.1. The Kier molecular flexibility index (Phi) is 3.54. The Balaban J connectivity index is 1.82. The molecule has 2 aromatic rings. The van der Waals surface area contributed by atoms with E-state index in [1.54, 1.807) is 0 Å². The molecular formula is C14H16N2. The van der Waals surface area contributed by atoms with Crippen LogP contribution in [-0.4, -0.2) is 4.98 Å². The summed E-state index contributed by atoms with van der Waals surface area (Å²) >= 11 is 0.